The number of carbonyl (C=O) groups is 1. The number of ether oxygens (including phenoxy) is 3. The first-order valence-electron chi connectivity index (χ1n) is 11.6. The van der Waals surface area contributed by atoms with Gasteiger partial charge >= 0.3 is 0 Å². The van der Waals surface area contributed by atoms with Crippen molar-refractivity contribution in [3.05, 3.63) is 77.4 Å². The van der Waals surface area contributed by atoms with Gasteiger partial charge in [0.1, 0.15) is 13.2 Å². The molecule has 0 saturated heterocycles. The molecule has 3 aromatic rings. The fourth-order valence-electron chi connectivity index (χ4n) is 4.43. The highest BCUT2D eigenvalue weighted by Gasteiger charge is 2.21. The van der Waals surface area contributed by atoms with Crippen LogP contribution in [0.3, 0.4) is 0 Å². The van der Waals surface area contributed by atoms with Gasteiger partial charge < -0.3 is 29.7 Å². The van der Waals surface area contributed by atoms with Crippen LogP contribution in [0.15, 0.2) is 60.7 Å². The Bertz CT molecular complexity index is 1150. The third kappa shape index (κ3) is 4.94. The summed E-state index contributed by atoms with van der Waals surface area (Å²) in [5, 5.41) is 6.46. The maximum atomic E-state index is 12.6. The number of nitrogens with one attached hydrogen (secondary N) is 2. The summed E-state index contributed by atoms with van der Waals surface area (Å²) >= 11 is 0. The number of benzene rings is 3. The molecule has 2 heterocycles. The normalized spacial score (nSPS) is 14.0. The van der Waals surface area contributed by atoms with Crippen molar-refractivity contribution in [2.45, 2.75) is 19.5 Å². The molecule has 0 aromatic heterocycles. The molecule has 5 rings (SSSR count). The maximum Gasteiger partial charge on any atom is 0.243 e. The lowest BCUT2D eigenvalue weighted by molar-refractivity contribution is -0.115. The Balaban J connectivity index is 1.12. The molecule has 3 aromatic carbocycles. The molecule has 7 nitrogen and oxygen atoms in total. The van der Waals surface area contributed by atoms with Gasteiger partial charge in [0.05, 0.1) is 13.7 Å². The van der Waals surface area contributed by atoms with E-state index in [1.165, 1.54) is 5.56 Å². The lowest BCUT2D eigenvalue weighted by Gasteiger charge is -2.21. The summed E-state index contributed by atoms with van der Waals surface area (Å²) in [5.41, 5.74) is 5.47. The van der Waals surface area contributed by atoms with Crippen molar-refractivity contribution in [1.82, 2.24) is 5.32 Å². The fourth-order valence-corrected chi connectivity index (χ4v) is 4.43. The van der Waals surface area contributed by atoms with Gasteiger partial charge in [0.2, 0.25) is 11.7 Å². The minimum Gasteiger partial charge on any atom is -0.493 e. The fraction of sp³-hybridized carbons (Fsp3) is 0.296. The van der Waals surface area contributed by atoms with Crippen molar-refractivity contribution in [3.63, 3.8) is 0 Å². The van der Waals surface area contributed by atoms with E-state index in [2.05, 4.69) is 27.7 Å². The van der Waals surface area contributed by atoms with E-state index < -0.39 is 0 Å². The molecule has 176 valence electrons. The molecule has 2 N–H and O–H groups in total. The van der Waals surface area contributed by atoms with E-state index in [9.17, 15) is 4.79 Å². The molecular formula is C27H29N3O4. The average Bonchev–Trinajstić information content (AvgIpc) is 3.27. The van der Waals surface area contributed by atoms with Crippen molar-refractivity contribution < 1.29 is 19.0 Å². The Morgan fingerprint density at radius 3 is 2.65 bits per heavy atom. The lowest BCUT2D eigenvalue weighted by atomic mass is 10.1. The van der Waals surface area contributed by atoms with Gasteiger partial charge in [-0.3, -0.25) is 4.79 Å². The number of para-hydroxylation sites is 1. The largest absolute Gasteiger partial charge is 0.493 e. The number of nitrogens with zero attached hydrogens (tertiary/aromatic N) is 1. The molecule has 0 aliphatic carbocycles. The number of hydrogen-bond donors (Lipinski definition) is 2. The smallest absolute Gasteiger partial charge is 0.243 e. The number of amides is 1. The van der Waals surface area contributed by atoms with Gasteiger partial charge in [0.25, 0.3) is 0 Å². The van der Waals surface area contributed by atoms with Gasteiger partial charge in [0, 0.05) is 31.0 Å². The molecule has 0 unspecified atom stereocenters. The van der Waals surface area contributed by atoms with Crippen molar-refractivity contribution in [1.29, 1.82) is 0 Å². The molecule has 0 fully saturated rings. The van der Waals surface area contributed by atoms with Crippen LogP contribution in [-0.2, 0) is 24.3 Å². The van der Waals surface area contributed by atoms with E-state index in [0.29, 0.717) is 44.3 Å². The number of anilines is 2. The zero-order valence-corrected chi connectivity index (χ0v) is 19.3. The van der Waals surface area contributed by atoms with Crippen molar-refractivity contribution in [2.75, 3.05) is 43.6 Å². The van der Waals surface area contributed by atoms with E-state index in [4.69, 9.17) is 14.2 Å². The minimum absolute atomic E-state index is 0.00451. The molecular weight excluding hydrogens is 430 g/mol. The third-order valence-electron chi connectivity index (χ3n) is 6.10. The van der Waals surface area contributed by atoms with Crippen LogP contribution in [0.4, 0.5) is 11.4 Å². The van der Waals surface area contributed by atoms with E-state index in [-0.39, 0.29) is 5.91 Å². The molecule has 2 aliphatic rings. The summed E-state index contributed by atoms with van der Waals surface area (Å²) in [7, 11) is 1.63. The number of rotatable bonds is 8. The molecule has 34 heavy (non-hydrogen) atoms. The standard InChI is InChI=1S/C27H29N3O4/c1-32-24-14-20(15-25-27(24)34-13-12-33-25)17-28-16-19-6-8-22(9-7-19)29-26(31)18-30-11-10-21-4-2-3-5-23(21)30/h2-9,14-15,28H,10-13,16-18H2,1H3,(H,29,31). The van der Waals surface area contributed by atoms with Gasteiger partial charge in [-0.2, -0.15) is 0 Å². The summed E-state index contributed by atoms with van der Waals surface area (Å²) in [6.45, 7) is 3.69. The van der Waals surface area contributed by atoms with Crippen LogP contribution in [0.25, 0.3) is 0 Å². The monoisotopic (exact) mass is 459 g/mol. The summed E-state index contributed by atoms with van der Waals surface area (Å²) in [6.07, 6.45) is 0.990. The molecule has 2 aliphatic heterocycles. The second-order valence-corrected chi connectivity index (χ2v) is 8.47. The van der Waals surface area contributed by atoms with Crippen LogP contribution in [0, 0.1) is 0 Å². The first-order chi connectivity index (χ1) is 16.7. The molecule has 0 radical (unpaired) electrons. The van der Waals surface area contributed by atoms with Crippen LogP contribution in [0.1, 0.15) is 16.7 Å². The molecule has 0 spiro atoms. The zero-order chi connectivity index (χ0) is 23.3. The van der Waals surface area contributed by atoms with Crippen molar-refractivity contribution in [2.24, 2.45) is 0 Å². The highest BCUT2D eigenvalue weighted by atomic mass is 16.6. The number of methoxy groups -OCH3 is 1. The number of fused-ring (bicyclic) bond motifs is 2. The lowest BCUT2D eigenvalue weighted by Crippen LogP contribution is -2.31. The van der Waals surface area contributed by atoms with E-state index in [1.54, 1.807) is 7.11 Å². The molecule has 0 saturated carbocycles. The van der Waals surface area contributed by atoms with Crippen LogP contribution >= 0.6 is 0 Å². The molecule has 0 bridgehead atoms. The van der Waals surface area contributed by atoms with Crippen LogP contribution in [-0.4, -0.2) is 39.3 Å². The number of hydrogen-bond acceptors (Lipinski definition) is 6. The Kier molecular flexibility index (Phi) is 6.53. The van der Waals surface area contributed by atoms with Gasteiger partial charge in [-0.15, -0.1) is 0 Å². The average molecular weight is 460 g/mol. The quantitative estimate of drug-likeness (QED) is 0.535. The summed E-state index contributed by atoms with van der Waals surface area (Å²) in [6, 6.07) is 20.2. The number of carbonyl (C=O) groups excluding carboxylic acids is 1. The highest BCUT2D eigenvalue weighted by molar-refractivity contribution is 5.94. The van der Waals surface area contributed by atoms with Crippen LogP contribution < -0.4 is 29.7 Å². The van der Waals surface area contributed by atoms with Gasteiger partial charge in [0.15, 0.2) is 11.5 Å². The van der Waals surface area contributed by atoms with Gasteiger partial charge in [-0.05, 0) is 53.4 Å². The van der Waals surface area contributed by atoms with Crippen LogP contribution in [0.2, 0.25) is 0 Å². The SMILES string of the molecule is COc1cc(CNCc2ccc(NC(=O)CN3CCc4ccccc43)cc2)cc2c1OCCO2. The minimum atomic E-state index is -0.00451. The second kappa shape index (κ2) is 10.1. The van der Waals surface area contributed by atoms with Crippen molar-refractivity contribution in [3.8, 4) is 17.2 Å². The van der Waals surface area contributed by atoms with Crippen molar-refractivity contribution >= 4 is 17.3 Å². The Morgan fingerprint density at radius 1 is 1.00 bits per heavy atom. The summed E-state index contributed by atoms with van der Waals surface area (Å²) in [5.74, 6) is 2.07. The summed E-state index contributed by atoms with van der Waals surface area (Å²) in [4.78, 5) is 14.7. The first-order valence-corrected chi connectivity index (χ1v) is 11.6. The summed E-state index contributed by atoms with van der Waals surface area (Å²) < 4.78 is 16.8. The Hall–Kier alpha value is -3.71. The van der Waals surface area contributed by atoms with Gasteiger partial charge in [-0.1, -0.05) is 30.3 Å². The Morgan fingerprint density at radius 2 is 1.79 bits per heavy atom. The molecule has 0 atom stereocenters. The Labute approximate surface area is 199 Å². The third-order valence-corrected chi connectivity index (χ3v) is 6.10. The van der Waals surface area contributed by atoms with E-state index >= 15 is 0 Å². The van der Waals surface area contributed by atoms with E-state index in [0.717, 1.165) is 41.2 Å². The van der Waals surface area contributed by atoms with Gasteiger partial charge in [-0.25, -0.2) is 0 Å². The predicted octanol–water partition coefficient (Wildman–Crippen LogP) is 3.76. The predicted molar refractivity (Wildman–Crippen MR) is 132 cm³/mol. The second-order valence-electron chi connectivity index (χ2n) is 8.47. The van der Waals surface area contributed by atoms with Crippen LogP contribution in [0.5, 0.6) is 17.2 Å². The molecule has 1 amide bonds. The zero-order valence-electron chi connectivity index (χ0n) is 19.3. The first kappa shape index (κ1) is 22.1. The maximum absolute atomic E-state index is 12.6. The topological polar surface area (TPSA) is 72.1 Å². The highest BCUT2D eigenvalue weighted by Crippen LogP contribution is 2.40. The molecule has 7 heteroatoms. The van der Waals surface area contributed by atoms with E-state index in [1.807, 2.05) is 48.5 Å².